The van der Waals surface area contributed by atoms with Gasteiger partial charge in [-0.25, -0.2) is 14.8 Å². The largest absolute Gasteiger partial charge is 0.326 e. The summed E-state index contributed by atoms with van der Waals surface area (Å²) in [4.78, 5) is 22.8. The predicted molar refractivity (Wildman–Crippen MR) is 134 cm³/mol. The molecule has 0 atom stereocenters. The summed E-state index contributed by atoms with van der Waals surface area (Å²) < 4.78 is 3.74. The van der Waals surface area contributed by atoms with Crippen molar-refractivity contribution in [3.63, 3.8) is 0 Å². The van der Waals surface area contributed by atoms with Crippen molar-refractivity contribution in [2.24, 2.45) is 0 Å². The summed E-state index contributed by atoms with van der Waals surface area (Å²) in [5.41, 5.74) is 4.72. The molecule has 0 unspecified atom stereocenters. The highest BCUT2D eigenvalue weighted by atomic mass is 16.2. The van der Waals surface area contributed by atoms with Gasteiger partial charge in [-0.2, -0.15) is 0 Å². The van der Waals surface area contributed by atoms with E-state index in [0.29, 0.717) is 23.0 Å². The van der Waals surface area contributed by atoms with E-state index in [1.54, 1.807) is 0 Å². The molecular formula is C27H20N6O. The van der Waals surface area contributed by atoms with E-state index in [-0.39, 0.29) is 6.03 Å². The molecule has 0 saturated carbocycles. The van der Waals surface area contributed by atoms with Crippen LogP contribution in [0.5, 0.6) is 0 Å². The second kappa shape index (κ2) is 8.22. The highest BCUT2D eigenvalue weighted by Gasteiger charge is 2.19. The lowest BCUT2D eigenvalue weighted by atomic mass is 10.1. The lowest BCUT2D eigenvalue weighted by molar-refractivity contribution is 0.262. The molecule has 7 heteroatoms. The first-order valence-corrected chi connectivity index (χ1v) is 10.9. The van der Waals surface area contributed by atoms with E-state index < -0.39 is 0 Å². The Morgan fingerprint density at radius 1 is 0.559 bits per heavy atom. The van der Waals surface area contributed by atoms with Gasteiger partial charge in [0.1, 0.15) is 34.3 Å². The minimum atomic E-state index is -0.384. The molecule has 0 bridgehead atoms. The normalized spacial score (nSPS) is 11.1. The number of amides is 2. The highest BCUT2D eigenvalue weighted by molar-refractivity contribution is 6.03. The van der Waals surface area contributed by atoms with Gasteiger partial charge in [0, 0.05) is 23.5 Å². The van der Waals surface area contributed by atoms with Gasteiger partial charge in [0.25, 0.3) is 0 Å². The van der Waals surface area contributed by atoms with E-state index in [1.807, 2.05) is 118 Å². The molecule has 0 saturated heterocycles. The number of benzene rings is 2. The Morgan fingerprint density at radius 3 is 1.41 bits per heavy atom. The van der Waals surface area contributed by atoms with E-state index in [2.05, 4.69) is 10.6 Å². The maximum atomic E-state index is 13.3. The van der Waals surface area contributed by atoms with Gasteiger partial charge in [0.2, 0.25) is 0 Å². The standard InChI is InChI=1S/C27H20N6O/c34-27(30-25-23(19-11-3-1-4-12-19)28-21-15-7-9-17-32(21)25)31-26-24(20-13-5-2-6-14-20)29-22-16-8-10-18-33(22)26/h1-18H,(H2,30,31,34). The van der Waals surface area contributed by atoms with Crippen LogP contribution in [0.15, 0.2) is 109 Å². The molecular weight excluding hydrogens is 424 g/mol. The average molecular weight is 444 g/mol. The molecule has 2 N–H and O–H groups in total. The number of fused-ring (bicyclic) bond motifs is 2. The summed E-state index contributed by atoms with van der Waals surface area (Å²) in [5.74, 6) is 1.18. The minimum absolute atomic E-state index is 0.384. The molecule has 0 aliphatic rings. The van der Waals surface area contributed by atoms with Gasteiger partial charge in [-0.05, 0) is 24.3 Å². The van der Waals surface area contributed by atoms with Crippen molar-refractivity contribution < 1.29 is 4.79 Å². The lowest BCUT2D eigenvalue weighted by Gasteiger charge is -2.11. The molecule has 2 aromatic carbocycles. The molecule has 0 spiro atoms. The van der Waals surface area contributed by atoms with Crippen molar-refractivity contribution in [2.75, 3.05) is 10.6 Å². The van der Waals surface area contributed by atoms with Crippen LogP contribution in [-0.2, 0) is 0 Å². The van der Waals surface area contributed by atoms with Gasteiger partial charge in [-0.15, -0.1) is 0 Å². The van der Waals surface area contributed by atoms with Crippen molar-refractivity contribution >= 4 is 29.0 Å². The minimum Gasteiger partial charge on any atom is -0.291 e. The molecule has 2 amide bonds. The Hall–Kier alpha value is -4.91. The van der Waals surface area contributed by atoms with Gasteiger partial charge in [-0.3, -0.25) is 19.4 Å². The number of imidazole rings is 2. The van der Waals surface area contributed by atoms with E-state index in [0.717, 1.165) is 22.4 Å². The van der Waals surface area contributed by atoms with Crippen molar-refractivity contribution in [1.29, 1.82) is 0 Å². The third-order valence-electron chi connectivity index (χ3n) is 5.62. The molecule has 6 rings (SSSR count). The molecule has 4 heterocycles. The number of urea groups is 1. The van der Waals surface area contributed by atoms with Crippen molar-refractivity contribution in [3.05, 3.63) is 109 Å². The van der Waals surface area contributed by atoms with E-state index in [4.69, 9.17) is 9.97 Å². The number of rotatable bonds is 4. The van der Waals surface area contributed by atoms with Crippen molar-refractivity contribution in [3.8, 4) is 22.5 Å². The molecule has 4 aromatic heterocycles. The summed E-state index contributed by atoms with van der Waals surface area (Å²) in [6, 6.07) is 30.7. The fourth-order valence-electron chi connectivity index (χ4n) is 4.07. The van der Waals surface area contributed by atoms with Crippen molar-refractivity contribution in [2.45, 2.75) is 0 Å². The number of hydrogen-bond acceptors (Lipinski definition) is 3. The van der Waals surface area contributed by atoms with Crippen LogP contribution in [0.2, 0.25) is 0 Å². The third kappa shape index (κ3) is 3.45. The molecule has 0 aliphatic carbocycles. The number of aromatic nitrogens is 4. The predicted octanol–water partition coefficient (Wildman–Crippen LogP) is 5.96. The fourth-order valence-corrected chi connectivity index (χ4v) is 4.07. The highest BCUT2D eigenvalue weighted by Crippen LogP contribution is 2.31. The molecule has 34 heavy (non-hydrogen) atoms. The average Bonchev–Trinajstić information content (AvgIpc) is 3.44. The summed E-state index contributed by atoms with van der Waals surface area (Å²) in [7, 11) is 0. The third-order valence-corrected chi connectivity index (χ3v) is 5.62. The second-order valence-corrected chi connectivity index (χ2v) is 7.79. The first-order valence-electron chi connectivity index (χ1n) is 10.9. The zero-order valence-electron chi connectivity index (χ0n) is 18.1. The monoisotopic (exact) mass is 444 g/mol. The Balaban J connectivity index is 1.41. The number of carbonyl (C=O) groups excluding carboxylic acids is 1. The van der Waals surface area contributed by atoms with Gasteiger partial charge in [-0.1, -0.05) is 72.8 Å². The van der Waals surface area contributed by atoms with Crippen molar-refractivity contribution in [1.82, 2.24) is 18.8 Å². The van der Waals surface area contributed by atoms with Crippen LogP contribution in [-0.4, -0.2) is 24.8 Å². The zero-order chi connectivity index (χ0) is 22.9. The molecule has 7 nitrogen and oxygen atoms in total. The SMILES string of the molecule is O=C(Nc1c(-c2ccccc2)nc2ccccn12)Nc1c(-c2ccccc2)nc2ccccn12. The molecule has 0 fully saturated rings. The molecule has 6 aromatic rings. The van der Waals surface area contributed by atoms with Gasteiger partial charge >= 0.3 is 6.03 Å². The Labute approximate surface area is 195 Å². The Kier molecular flexibility index (Phi) is 4.77. The summed E-state index contributed by atoms with van der Waals surface area (Å²) >= 11 is 0. The van der Waals surface area contributed by atoms with Crippen LogP contribution < -0.4 is 10.6 Å². The number of carbonyl (C=O) groups is 1. The first kappa shape index (κ1) is 19.8. The van der Waals surface area contributed by atoms with Crippen LogP contribution in [0.4, 0.5) is 16.4 Å². The van der Waals surface area contributed by atoms with E-state index in [1.165, 1.54) is 0 Å². The quantitative estimate of drug-likeness (QED) is 0.352. The van der Waals surface area contributed by atoms with Crippen LogP contribution in [0.1, 0.15) is 0 Å². The summed E-state index contributed by atoms with van der Waals surface area (Å²) in [5, 5.41) is 6.05. The number of pyridine rings is 2. The Bertz CT molecular complexity index is 1500. The van der Waals surface area contributed by atoms with Crippen LogP contribution in [0.3, 0.4) is 0 Å². The summed E-state index contributed by atoms with van der Waals surface area (Å²) in [6.07, 6.45) is 3.77. The maximum Gasteiger partial charge on any atom is 0.326 e. The summed E-state index contributed by atoms with van der Waals surface area (Å²) in [6.45, 7) is 0. The van der Waals surface area contributed by atoms with Gasteiger partial charge < -0.3 is 0 Å². The van der Waals surface area contributed by atoms with Gasteiger partial charge in [0.05, 0.1) is 0 Å². The molecule has 0 aliphatic heterocycles. The molecule has 164 valence electrons. The number of nitrogens with zero attached hydrogens (tertiary/aromatic N) is 4. The second-order valence-electron chi connectivity index (χ2n) is 7.79. The molecule has 0 radical (unpaired) electrons. The lowest BCUT2D eigenvalue weighted by Crippen LogP contribution is -2.22. The van der Waals surface area contributed by atoms with E-state index >= 15 is 0 Å². The fraction of sp³-hybridized carbons (Fsp3) is 0. The van der Waals surface area contributed by atoms with Crippen LogP contribution >= 0.6 is 0 Å². The number of hydrogen-bond donors (Lipinski definition) is 2. The number of nitrogens with one attached hydrogen (secondary N) is 2. The smallest absolute Gasteiger partial charge is 0.291 e. The van der Waals surface area contributed by atoms with Gasteiger partial charge in [0.15, 0.2) is 0 Å². The zero-order valence-corrected chi connectivity index (χ0v) is 18.1. The maximum absolute atomic E-state index is 13.3. The van der Waals surface area contributed by atoms with Crippen LogP contribution in [0, 0.1) is 0 Å². The first-order chi connectivity index (χ1) is 16.8. The Morgan fingerprint density at radius 2 is 0.971 bits per heavy atom. The number of anilines is 2. The van der Waals surface area contributed by atoms with E-state index in [9.17, 15) is 4.79 Å². The topological polar surface area (TPSA) is 75.7 Å². The van der Waals surface area contributed by atoms with Crippen LogP contribution in [0.25, 0.3) is 33.8 Å².